The van der Waals surface area contributed by atoms with Crippen molar-refractivity contribution in [1.82, 2.24) is 4.98 Å². The maximum atomic E-state index is 13.5. The number of rotatable bonds is 6. The summed E-state index contributed by atoms with van der Waals surface area (Å²) in [7, 11) is 3.47. The van der Waals surface area contributed by atoms with E-state index in [1.54, 1.807) is 14.2 Å². The number of pyridine rings is 1. The van der Waals surface area contributed by atoms with E-state index >= 15 is 0 Å². The summed E-state index contributed by atoms with van der Waals surface area (Å²) >= 11 is 0. The SMILES string of the molecule is CCN(c1cccc(C(=O)N(C)c2c(C)cc(C)[nH]c2=O)c1C)C1CCC(C)(OC)CC1. The Balaban J connectivity index is 1.91. The maximum Gasteiger partial charge on any atom is 0.272 e. The summed E-state index contributed by atoms with van der Waals surface area (Å²) in [6.07, 6.45) is 4.18. The van der Waals surface area contributed by atoms with Gasteiger partial charge < -0.3 is 19.5 Å². The average molecular weight is 440 g/mol. The molecule has 32 heavy (non-hydrogen) atoms. The molecule has 1 fully saturated rings. The zero-order valence-electron chi connectivity index (χ0n) is 20.5. The monoisotopic (exact) mass is 439 g/mol. The molecule has 0 radical (unpaired) electrons. The van der Waals surface area contributed by atoms with Crippen molar-refractivity contribution < 1.29 is 9.53 Å². The van der Waals surface area contributed by atoms with Crippen molar-refractivity contribution in [1.29, 1.82) is 0 Å². The number of nitrogens with one attached hydrogen (secondary N) is 1. The molecule has 1 heterocycles. The van der Waals surface area contributed by atoms with Crippen molar-refractivity contribution in [2.24, 2.45) is 0 Å². The fourth-order valence-electron chi connectivity index (χ4n) is 5.07. The number of amides is 1. The third-order valence-corrected chi connectivity index (χ3v) is 7.10. The van der Waals surface area contributed by atoms with Crippen molar-refractivity contribution in [3.63, 3.8) is 0 Å². The van der Waals surface area contributed by atoms with Crippen LogP contribution in [0.15, 0.2) is 29.1 Å². The van der Waals surface area contributed by atoms with E-state index in [0.717, 1.165) is 54.7 Å². The Kier molecular flexibility index (Phi) is 7.13. The van der Waals surface area contributed by atoms with E-state index in [9.17, 15) is 9.59 Å². The molecule has 0 spiro atoms. The highest BCUT2D eigenvalue weighted by atomic mass is 16.5. The summed E-state index contributed by atoms with van der Waals surface area (Å²) in [5.74, 6) is -0.173. The first kappa shape index (κ1) is 24.1. The van der Waals surface area contributed by atoms with Gasteiger partial charge in [0.1, 0.15) is 5.69 Å². The Hall–Kier alpha value is -2.60. The lowest BCUT2D eigenvalue weighted by Crippen LogP contribution is -2.43. The van der Waals surface area contributed by atoms with Gasteiger partial charge in [-0.25, -0.2) is 0 Å². The molecule has 1 aromatic carbocycles. The standard InChI is InChI=1S/C26H37N3O3/c1-8-29(20-12-14-26(5,32-7)15-13-20)22-11-9-10-21(19(22)4)25(31)28(6)23-17(2)16-18(3)27-24(23)30/h9-11,16,20H,8,12-15H2,1-7H3,(H,27,30). The molecule has 1 amide bonds. The highest BCUT2D eigenvalue weighted by molar-refractivity contribution is 6.07. The molecule has 1 N–H and O–H groups in total. The van der Waals surface area contributed by atoms with Crippen LogP contribution >= 0.6 is 0 Å². The van der Waals surface area contributed by atoms with E-state index in [1.807, 2.05) is 39.0 Å². The van der Waals surface area contributed by atoms with Gasteiger partial charge in [-0.15, -0.1) is 0 Å². The molecule has 1 aliphatic carbocycles. The minimum Gasteiger partial charge on any atom is -0.379 e. The van der Waals surface area contributed by atoms with E-state index in [1.165, 1.54) is 4.90 Å². The second kappa shape index (κ2) is 9.49. The number of hydrogen-bond acceptors (Lipinski definition) is 4. The molecule has 2 aromatic rings. The number of aromatic amines is 1. The van der Waals surface area contributed by atoms with Gasteiger partial charge in [-0.05, 0) is 89.6 Å². The van der Waals surface area contributed by atoms with Gasteiger partial charge >= 0.3 is 0 Å². The van der Waals surface area contributed by atoms with Crippen LogP contribution in [0.1, 0.15) is 66.7 Å². The van der Waals surface area contributed by atoms with Gasteiger partial charge in [-0.3, -0.25) is 9.59 Å². The van der Waals surface area contributed by atoms with E-state index in [0.29, 0.717) is 17.3 Å². The molecule has 1 aliphatic rings. The molecule has 1 aromatic heterocycles. The van der Waals surface area contributed by atoms with Gasteiger partial charge in [-0.2, -0.15) is 0 Å². The van der Waals surface area contributed by atoms with Crippen molar-refractivity contribution in [2.45, 2.75) is 71.9 Å². The predicted octanol–water partition coefficient (Wildman–Crippen LogP) is 4.75. The number of carbonyl (C=O) groups excluding carboxylic acids is 1. The molecular weight excluding hydrogens is 402 g/mol. The second-order valence-electron chi connectivity index (χ2n) is 9.30. The summed E-state index contributed by atoms with van der Waals surface area (Å²) in [5, 5.41) is 0. The van der Waals surface area contributed by atoms with Crippen LogP contribution in [0.25, 0.3) is 0 Å². The van der Waals surface area contributed by atoms with Gasteiger partial charge in [-0.1, -0.05) is 6.07 Å². The molecule has 1 saturated carbocycles. The van der Waals surface area contributed by atoms with Gasteiger partial charge in [0.05, 0.1) is 5.60 Å². The van der Waals surface area contributed by atoms with Crippen LogP contribution in [0.4, 0.5) is 11.4 Å². The van der Waals surface area contributed by atoms with Crippen LogP contribution in [0.5, 0.6) is 0 Å². The van der Waals surface area contributed by atoms with Gasteiger partial charge in [0.25, 0.3) is 11.5 Å². The largest absolute Gasteiger partial charge is 0.379 e. The molecule has 0 bridgehead atoms. The number of ether oxygens (including phenoxy) is 1. The summed E-state index contributed by atoms with van der Waals surface area (Å²) in [5.41, 5.74) is 4.35. The van der Waals surface area contributed by atoms with E-state index in [-0.39, 0.29) is 17.1 Å². The fraction of sp³-hybridized carbons (Fsp3) is 0.538. The molecule has 0 saturated heterocycles. The Morgan fingerprint density at radius 3 is 2.44 bits per heavy atom. The molecule has 0 atom stereocenters. The average Bonchev–Trinajstić information content (AvgIpc) is 2.75. The topological polar surface area (TPSA) is 65.6 Å². The smallest absolute Gasteiger partial charge is 0.272 e. The molecule has 0 aliphatic heterocycles. The highest BCUT2D eigenvalue weighted by Crippen LogP contribution is 2.36. The van der Waals surface area contributed by atoms with Crippen LogP contribution < -0.4 is 15.4 Å². The van der Waals surface area contributed by atoms with E-state index in [4.69, 9.17) is 4.74 Å². The number of methoxy groups -OCH3 is 1. The first-order valence-electron chi connectivity index (χ1n) is 11.5. The Labute approximate surface area is 191 Å². The molecule has 3 rings (SSSR count). The fourth-order valence-corrected chi connectivity index (χ4v) is 5.07. The second-order valence-corrected chi connectivity index (χ2v) is 9.30. The number of hydrogen-bond donors (Lipinski definition) is 1. The lowest BCUT2D eigenvalue weighted by molar-refractivity contribution is -0.0270. The van der Waals surface area contributed by atoms with Crippen LogP contribution in [0, 0.1) is 20.8 Å². The minimum atomic E-state index is -0.245. The van der Waals surface area contributed by atoms with Crippen LogP contribution in [0.2, 0.25) is 0 Å². The summed E-state index contributed by atoms with van der Waals surface area (Å²) < 4.78 is 5.72. The van der Waals surface area contributed by atoms with Crippen molar-refractivity contribution >= 4 is 17.3 Å². The van der Waals surface area contributed by atoms with Gasteiger partial charge in [0.15, 0.2) is 0 Å². The zero-order chi connectivity index (χ0) is 23.6. The maximum absolute atomic E-state index is 13.5. The van der Waals surface area contributed by atoms with Crippen LogP contribution in [-0.2, 0) is 4.74 Å². The molecular formula is C26H37N3O3. The van der Waals surface area contributed by atoms with Crippen molar-refractivity contribution in [3.05, 3.63) is 57.0 Å². The van der Waals surface area contributed by atoms with E-state index in [2.05, 4.69) is 29.8 Å². The zero-order valence-corrected chi connectivity index (χ0v) is 20.5. The Morgan fingerprint density at radius 1 is 1.22 bits per heavy atom. The van der Waals surface area contributed by atoms with Crippen molar-refractivity contribution in [2.75, 3.05) is 30.5 Å². The quantitative estimate of drug-likeness (QED) is 0.705. The highest BCUT2D eigenvalue weighted by Gasteiger charge is 2.34. The van der Waals surface area contributed by atoms with Gasteiger partial charge in [0.2, 0.25) is 0 Å². The lowest BCUT2D eigenvalue weighted by Gasteiger charge is -2.42. The van der Waals surface area contributed by atoms with Crippen LogP contribution in [0.3, 0.4) is 0 Å². The van der Waals surface area contributed by atoms with E-state index < -0.39 is 0 Å². The summed E-state index contributed by atoms with van der Waals surface area (Å²) in [6.45, 7) is 10.9. The van der Waals surface area contributed by atoms with Crippen molar-refractivity contribution in [3.8, 4) is 0 Å². The first-order valence-corrected chi connectivity index (χ1v) is 11.5. The molecule has 6 nitrogen and oxygen atoms in total. The normalized spacial score (nSPS) is 20.8. The number of anilines is 2. The first-order chi connectivity index (χ1) is 15.1. The number of aromatic nitrogens is 1. The third kappa shape index (κ3) is 4.60. The Bertz CT molecular complexity index is 1040. The van der Waals surface area contributed by atoms with Crippen LogP contribution in [-0.4, -0.2) is 43.2 Å². The number of H-pyrrole nitrogens is 1. The number of carbonyl (C=O) groups is 1. The number of nitrogens with zero attached hydrogens (tertiary/aromatic N) is 2. The number of aryl methyl sites for hydroxylation is 2. The third-order valence-electron chi connectivity index (χ3n) is 7.10. The Morgan fingerprint density at radius 2 is 1.88 bits per heavy atom. The lowest BCUT2D eigenvalue weighted by atomic mass is 9.82. The number of benzene rings is 1. The molecule has 6 heteroatoms. The predicted molar refractivity (Wildman–Crippen MR) is 131 cm³/mol. The summed E-state index contributed by atoms with van der Waals surface area (Å²) in [4.78, 5) is 32.7. The molecule has 174 valence electrons. The molecule has 0 unspecified atom stereocenters. The minimum absolute atomic E-state index is 0.0373. The van der Waals surface area contributed by atoms with Gasteiger partial charge in [0, 0.05) is 43.7 Å². The summed E-state index contributed by atoms with van der Waals surface area (Å²) in [6, 6.07) is 8.21.